The molecule has 0 amide bonds. The molecule has 3 heterocycles. The van der Waals surface area contributed by atoms with Crippen molar-refractivity contribution in [2.24, 2.45) is 0 Å². The van der Waals surface area contributed by atoms with Crippen LogP contribution in [-0.2, 0) is 0 Å². The highest BCUT2D eigenvalue weighted by molar-refractivity contribution is 6.42. The molecule has 21 heavy (non-hydrogen) atoms. The lowest BCUT2D eigenvalue weighted by atomic mass is 9.91. The van der Waals surface area contributed by atoms with E-state index in [-0.39, 0.29) is 0 Å². The van der Waals surface area contributed by atoms with Gasteiger partial charge in [0.25, 0.3) is 0 Å². The summed E-state index contributed by atoms with van der Waals surface area (Å²) in [6.45, 7) is 0. The van der Waals surface area contributed by atoms with Crippen LogP contribution >= 0.6 is 23.2 Å². The summed E-state index contributed by atoms with van der Waals surface area (Å²) in [5.74, 6) is 0. The van der Waals surface area contributed by atoms with Gasteiger partial charge in [0.15, 0.2) is 6.30 Å². The molecule has 0 spiro atoms. The van der Waals surface area contributed by atoms with E-state index < -0.39 is 6.30 Å². The molecular formula is C16H15Cl2FN2. The molecule has 4 rings (SSSR count). The molecule has 0 radical (unpaired) electrons. The van der Waals surface area contributed by atoms with Crippen LogP contribution in [-0.4, -0.2) is 18.4 Å². The lowest BCUT2D eigenvalue weighted by Gasteiger charge is -2.36. The summed E-state index contributed by atoms with van der Waals surface area (Å²) in [6.07, 6.45) is 5.75. The van der Waals surface area contributed by atoms with Crippen LogP contribution in [0, 0.1) is 0 Å². The van der Waals surface area contributed by atoms with E-state index in [1.54, 1.807) is 23.1 Å². The molecule has 2 nitrogen and oxygen atoms in total. The minimum Gasteiger partial charge on any atom is -0.314 e. The second-order valence-corrected chi connectivity index (χ2v) is 6.65. The molecular weight excluding hydrogens is 310 g/mol. The van der Waals surface area contributed by atoms with Crippen LogP contribution in [0.15, 0.2) is 41.6 Å². The first-order valence-electron chi connectivity index (χ1n) is 7.18. The average Bonchev–Trinajstić information content (AvgIpc) is 2.86. The van der Waals surface area contributed by atoms with Crippen molar-refractivity contribution in [1.82, 2.24) is 5.32 Å². The van der Waals surface area contributed by atoms with Crippen LogP contribution in [0.1, 0.15) is 19.3 Å². The van der Waals surface area contributed by atoms with Crippen molar-refractivity contribution in [2.45, 2.75) is 37.6 Å². The molecule has 1 N–H and O–H groups in total. The van der Waals surface area contributed by atoms with Crippen LogP contribution in [0.3, 0.4) is 0 Å². The summed E-state index contributed by atoms with van der Waals surface area (Å²) < 4.78 is 15.0. The van der Waals surface area contributed by atoms with E-state index in [0.717, 1.165) is 36.1 Å². The summed E-state index contributed by atoms with van der Waals surface area (Å²) in [6, 6.07) is 5.96. The number of halogens is 3. The van der Waals surface area contributed by atoms with Gasteiger partial charge in [-0.3, -0.25) is 0 Å². The number of nitrogens with zero attached hydrogens (tertiary/aromatic N) is 1. The number of nitrogens with one attached hydrogen (secondary N) is 1. The second-order valence-electron chi connectivity index (χ2n) is 5.84. The Kier molecular flexibility index (Phi) is 3.25. The number of rotatable bonds is 1. The van der Waals surface area contributed by atoms with Crippen LogP contribution in [0.2, 0.25) is 10.0 Å². The van der Waals surface area contributed by atoms with E-state index in [1.807, 2.05) is 12.3 Å². The quantitative estimate of drug-likeness (QED) is 0.768. The fraction of sp³-hybridized carbons (Fsp3) is 0.375. The van der Waals surface area contributed by atoms with Crippen LogP contribution in [0.25, 0.3) is 0 Å². The molecule has 1 aromatic rings. The average molecular weight is 325 g/mol. The van der Waals surface area contributed by atoms with Gasteiger partial charge in [-0.1, -0.05) is 23.2 Å². The molecule has 1 fully saturated rings. The van der Waals surface area contributed by atoms with Gasteiger partial charge in [-0.15, -0.1) is 0 Å². The Labute approximate surface area is 133 Å². The van der Waals surface area contributed by atoms with Gasteiger partial charge in [0.1, 0.15) is 0 Å². The third-order valence-corrected chi connectivity index (χ3v) is 5.34. The Bertz CT molecular complexity index is 656. The van der Waals surface area contributed by atoms with Gasteiger partial charge in [-0.25, -0.2) is 4.39 Å². The Balaban J connectivity index is 1.68. The summed E-state index contributed by atoms with van der Waals surface area (Å²) in [5, 5.41) is 4.48. The molecule has 0 aromatic heterocycles. The maximum Gasteiger partial charge on any atom is 0.198 e. The zero-order chi connectivity index (χ0) is 14.6. The molecule has 0 aliphatic carbocycles. The van der Waals surface area contributed by atoms with Crippen molar-refractivity contribution in [3.05, 3.63) is 51.7 Å². The normalized spacial score (nSPS) is 30.8. The zero-order valence-corrected chi connectivity index (χ0v) is 12.8. The second kappa shape index (κ2) is 5.01. The molecule has 2 bridgehead atoms. The zero-order valence-electron chi connectivity index (χ0n) is 11.3. The fourth-order valence-electron chi connectivity index (χ4n) is 3.56. The minimum atomic E-state index is -1.12. The number of hydrogen-bond donors (Lipinski definition) is 1. The van der Waals surface area contributed by atoms with Crippen molar-refractivity contribution in [3.63, 3.8) is 0 Å². The predicted molar refractivity (Wildman–Crippen MR) is 84.6 cm³/mol. The number of benzene rings is 1. The standard InChI is InChI=1S/C16H15Cl2FN2/c17-13-3-2-10(8-14(13)18)21-6-5-11-12(16(21)19)7-9-1-4-15(11)20-9/h2-3,5-6,8-9,15-16,20H,1,4,7H2. The Hall–Kier alpha value is -1.03. The molecule has 3 aliphatic rings. The largest absolute Gasteiger partial charge is 0.314 e. The van der Waals surface area contributed by atoms with Gasteiger partial charge in [-0.05, 0) is 54.7 Å². The molecule has 110 valence electrons. The number of hydrogen-bond acceptors (Lipinski definition) is 2. The van der Waals surface area contributed by atoms with Gasteiger partial charge >= 0.3 is 0 Å². The van der Waals surface area contributed by atoms with E-state index in [1.165, 1.54) is 0 Å². The first-order chi connectivity index (χ1) is 10.1. The first kappa shape index (κ1) is 13.6. The van der Waals surface area contributed by atoms with Crippen LogP contribution < -0.4 is 10.2 Å². The van der Waals surface area contributed by atoms with Gasteiger partial charge in [-0.2, -0.15) is 0 Å². The maximum absolute atomic E-state index is 15.0. The van der Waals surface area contributed by atoms with Gasteiger partial charge < -0.3 is 10.2 Å². The van der Waals surface area contributed by atoms with Crippen molar-refractivity contribution in [1.29, 1.82) is 0 Å². The smallest absolute Gasteiger partial charge is 0.198 e. The van der Waals surface area contributed by atoms with Crippen molar-refractivity contribution in [3.8, 4) is 0 Å². The van der Waals surface area contributed by atoms with E-state index in [0.29, 0.717) is 22.1 Å². The lowest BCUT2D eigenvalue weighted by Crippen LogP contribution is -2.42. The van der Waals surface area contributed by atoms with Crippen molar-refractivity contribution < 1.29 is 4.39 Å². The lowest BCUT2D eigenvalue weighted by molar-refractivity contribution is 0.351. The van der Waals surface area contributed by atoms with Crippen molar-refractivity contribution in [2.75, 3.05) is 4.90 Å². The molecule has 3 aliphatic heterocycles. The molecule has 1 aromatic carbocycles. The third kappa shape index (κ3) is 2.19. The highest BCUT2D eigenvalue weighted by Gasteiger charge is 2.39. The highest BCUT2D eigenvalue weighted by Crippen LogP contribution is 2.40. The number of anilines is 1. The minimum absolute atomic E-state index is 0.323. The highest BCUT2D eigenvalue weighted by atomic mass is 35.5. The van der Waals surface area contributed by atoms with Gasteiger partial charge in [0.2, 0.25) is 0 Å². The summed E-state index contributed by atoms with van der Waals surface area (Å²) >= 11 is 12.0. The van der Waals surface area contributed by atoms with E-state index in [4.69, 9.17) is 23.2 Å². The SMILES string of the molecule is FC1C2=C(C=CN1c1ccc(Cl)c(Cl)c1)C1CCC(C2)N1. The maximum atomic E-state index is 15.0. The Morgan fingerprint density at radius 2 is 2.05 bits per heavy atom. The monoisotopic (exact) mass is 324 g/mol. The van der Waals surface area contributed by atoms with Crippen LogP contribution in [0.5, 0.6) is 0 Å². The summed E-state index contributed by atoms with van der Waals surface area (Å²) in [7, 11) is 0. The topological polar surface area (TPSA) is 15.3 Å². The number of fused-ring (bicyclic) bond motifs is 3. The van der Waals surface area contributed by atoms with Gasteiger partial charge in [0, 0.05) is 24.0 Å². The Morgan fingerprint density at radius 3 is 2.86 bits per heavy atom. The van der Waals surface area contributed by atoms with Gasteiger partial charge in [0.05, 0.1) is 10.0 Å². The van der Waals surface area contributed by atoms with Crippen LogP contribution in [0.4, 0.5) is 10.1 Å². The molecule has 1 saturated heterocycles. The summed E-state index contributed by atoms with van der Waals surface area (Å²) in [4.78, 5) is 1.63. The fourth-order valence-corrected chi connectivity index (χ4v) is 3.85. The first-order valence-corrected chi connectivity index (χ1v) is 7.94. The molecule has 3 unspecified atom stereocenters. The van der Waals surface area contributed by atoms with Crippen molar-refractivity contribution >= 4 is 28.9 Å². The molecule has 0 saturated carbocycles. The molecule has 5 heteroatoms. The van der Waals surface area contributed by atoms with E-state index >= 15 is 0 Å². The third-order valence-electron chi connectivity index (χ3n) is 4.60. The van der Waals surface area contributed by atoms with E-state index in [2.05, 4.69) is 5.32 Å². The number of alkyl halides is 1. The molecule has 3 atom stereocenters. The van der Waals surface area contributed by atoms with E-state index in [9.17, 15) is 4.39 Å². The summed E-state index contributed by atoms with van der Waals surface area (Å²) in [5.41, 5.74) is 2.77. The Morgan fingerprint density at radius 1 is 1.19 bits per heavy atom. The predicted octanol–water partition coefficient (Wildman–Crippen LogP) is 4.44.